The molecular formula is C23H25N7O2. The summed E-state index contributed by atoms with van der Waals surface area (Å²) in [6.45, 7) is 7.38. The molecule has 2 aromatic heterocycles. The van der Waals surface area contributed by atoms with Crippen LogP contribution in [-0.4, -0.2) is 31.7 Å². The van der Waals surface area contributed by atoms with Gasteiger partial charge in [-0.05, 0) is 64.1 Å². The number of nitrogens with zero attached hydrogens (tertiary/aromatic N) is 4. The number of para-hydroxylation sites is 1. The Morgan fingerprint density at radius 1 is 1.09 bits per heavy atom. The number of nitrogens with two attached hydrogens (primary N) is 1. The van der Waals surface area contributed by atoms with Crippen LogP contribution in [0.3, 0.4) is 0 Å². The molecule has 0 spiro atoms. The summed E-state index contributed by atoms with van der Waals surface area (Å²) < 4.78 is 5.41. The van der Waals surface area contributed by atoms with Crippen molar-refractivity contribution in [3.05, 3.63) is 65.9 Å². The van der Waals surface area contributed by atoms with Gasteiger partial charge in [-0.2, -0.15) is 10.1 Å². The van der Waals surface area contributed by atoms with Gasteiger partial charge in [-0.15, -0.1) is 0 Å². The molecule has 0 aliphatic rings. The number of carbonyl (C=O) groups is 1. The predicted octanol–water partition coefficient (Wildman–Crippen LogP) is 4.37. The maximum Gasteiger partial charge on any atom is 0.338 e. The molecule has 164 valence electrons. The van der Waals surface area contributed by atoms with Crippen LogP contribution in [0.1, 0.15) is 36.8 Å². The molecule has 4 rings (SSSR count). The molecule has 32 heavy (non-hydrogen) atoms. The lowest BCUT2D eigenvalue weighted by Crippen LogP contribution is -2.27. The van der Waals surface area contributed by atoms with E-state index in [-0.39, 0.29) is 0 Å². The summed E-state index contributed by atoms with van der Waals surface area (Å²) in [5.74, 6) is 7.56. The normalized spacial score (nSPS) is 11.4. The maximum absolute atomic E-state index is 12.3. The fourth-order valence-electron chi connectivity index (χ4n) is 3.09. The van der Waals surface area contributed by atoms with Gasteiger partial charge in [0.25, 0.3) is 0 Å². The molecule has 0 saturated heterocycles. The van der Waals surface area contributed by atoms with Gasteiger partial charge in [0.05, 0.1) is 22.5 Å². The third-order valence-corrected chi connectivity index (χ3v) is 4.55. The van der Waals surface area contributed by atoms with E-state index in [1.807, 2.05) is 58.0 Å². The van der Waals surface area contributed by atoms with Crippen LogP contribution in [0.2, 0.25) is 0 Å². The Morgan fingerprint density at radius 3 is 2.47 bits per heavy atom. The molecular weight excluding hydrogens is 406 g/mol. The van der Waals surface area contributed by atoms with Gasteiger partial charge in [0.2, 0.25) is 5.95 Å². The Bertz CT molecular complexity index is 1260. The van der Waals surface area contributed by atoms with E-state index in [0.717, 1.165) is 16.6 Å². The van der Waals surface area contributed by atoms with E-state index < -0.39 is 11.6 Å². The van der Waals surface area contributed by atoms with Gasteiger partial charge in [0, 0.05) is 11.5 Å². The maximum atomic E-state index is 12.3. The smallest absolute Gasteiger partial charge is 0.338 e. The summed E-state index contributed by atoms with van der Waals surface area (Å²) in [6, 6.07) is 16.3. The number of aryl methyl sites for hydroxylation is 1. The quantitative estimate of drug-likeness (QED) is 0.242. The first-order chi connectivity index (χ1) is 15.2. The van der Waals surface area contributed by atoms with Gasteiger partial charge < -0.3 is 10.1 Å². The van der Waals surface area contributed by atoms with E-state index >= 15 is 0 Å². The minimum absolute atomic E-state index is 0.299. The summed E-state index contributed by atoms with van der Waals surface area (Å²) in [5.41, 5.74) is 2.09. The fraction of sp³-hybridized carbons (Fsp3) is 0.217. The molecule has 0 radical (unpaired) electrons. The van der Waals surface area contributed by atoms with E-state index in [1.54, 1.807) is 24.3 Å². The summed E-state index contributed by atoms with van der Waals surface area (Å²) in [7, 11) is 0. The van der Waals surface area contributed by atoms with Gasteiger partial charge in [0.1, 0.15) is 17.2 Å². The van der Waals surface area contributed by atoms with E-state index in [1.165, 1.54) is 5.01 Å². The van der Waals surface area contributed by atoms with E-state index in [9.17, 15) is 4.79 Å². The number of hydrazine groups is 1. The summed E-state index contributed by atoms with van der Waals surface area (Å²) >= 11 is 0. The second-order valence-corrected chi connectivity index (χ2v) is 8.36. The average Bonchev–Trinajstić information content (AvgIpc) is 3.16. The number of fused-ring (bicyclic) bond motifs is 1. The SMILES string of the molecule is Cc1cc(Nc2nc(N(N)c3ccc(C(=O)OC(C)(C)C)cc3)nc3ccccc23)[nH]n1. The number of carbonyl (C=O) groups excluding carboxylic acids is 1. The van der Waals surface area contributed by atoms with Crippen molar-refractivity contribution in [3.63, 3.8) is 0 Å². The van der Waals surface area contributed by atoms with Gasteiger partial charge >= 0.3 is 5.97 Å². The number of benzene rings is 2. The van der Waals surface area contributed by atoms with Crippen LogP contribution in [0.25, 0.3) is 10.9 Å². The molecule has 0 aliphatic carbocycles. The third kappa shape index (κ3) is 4.68. The molecule has 4 N–H and O–H groups in total. The number of nitrogens with one attached hydrogen (secondary N) is 2. The van der Waals surface area contributed by atoms with Crippen molar-refractivity contribution >= 4 is 40.1 Å². The van der Waals surface area contributed by atoms with Crippen LogP contribution >= 0.6 is 0 Å². The third-order valence-electron chi connectivity index (χ3n) is 4.55. The molecule has 9 nitrogen and oxygen atoms in total. The predicted molar refractivity (Wildman–Crippen MR) is 124 cm³/mol. The topological polar surface area (TPSA) is 122 Å². The lowest BCUT2D eigenvalue weighted by molar-refractivity contribution is 0.00695. The number of hydrogen-bond acceptors (Lipinski definition) is 8. The second-order valence-electron chi connectivity index (χ2n) is 8.36. The zero-order valence-electron chi connectivity index (χ0n) is 18.4. The molecule has 0 amide bonds. The van der Waals surface area contributed by atoms with Crippen molar-refractivity contribution in [2.24, 2.45) is 5.84 Å². The van der Waals surface area contributed by atoms with Crippen molar-refractivity contribution < 1.29 is 9.53 Å². The first-order valence-electron chi connectivity index (χ1n) is 10.1. The van der Waals surface area contributed by atoms with E-state index in [0.29, 0.717) is 28.8 Å². The zero-order valence-corrected chi connectivity index (χ0v) is 18.4. The van der Waals surface area contributed by atoms with Crippen LogP contribution < -0.4 is 16.2 Å². The zero-order chi connectivity index (χ0) is 22.9. The molecule has 9 heteroatoms. The number of anilines is 4. The van der Waals surface area contributed by atoms with Gasteiger partial charge in [0.15, 0.2) is 0 Å². The molecule has 2 aromatic carbocycles. The number of ether oxygens (including phenoxy) is 1. The van der Waals surface area contributed by atoms with Crippen LogP contribution in [0.15, 0.2) is 54.6 Å². The molecule has 0 unspecified atom stereocenters. The van der Waals surface area contributed by atoms with Crippen molar-refractivity contribution in [3.8, 4) is 0 Å². The Morgan fingerprint density at radius 2 is 1.81 bits per heavy atom. The van der Waals surface area contributed by atoms with Crippen LogP contribution in [0.4, 0.5) is 23.3 Å². The van der Waals surface area contributed by atoms with Gasteiger partial charge in [-0.25, -0.2) is 20.6 Å². The number of aromatic amines is 1. The molecule has 0 atom stereocenters. The van der Waals surface area contributed by atoms with Crippen LogP contribution in [-0.2, 0) is 4.74 Å². The largest absolute Gasteiger partial charge is 0.456 e. The molecule has 0 fully saturated rings. The van der Waals surface area contributed by atoms with Crippen molar-refractivity contribution in [2.45, 2.75) is 33.3 Å². The van der Waals surface area contributed by atoms with E-state index in [4.69, 9.17) is 10.6 Å². The Labute approximate surface area is 185 Å². The second kappa shape index (κ2) is 8.27. The number of H-pyrrole nitrogens is 1. The highest BCUT2D eigenvalue weighted by Crippen LogP contribution is 2.28. The number of aromatic nitrogens is 4. The highest BCUT2D eigenvalue weighted by Gasteiger charge is 2.19. The highest BCUT2D eigenvalue weighted by molar-refractivity contribution is 5.92. The summed E-state index contributed by atoms with van der Waals surface area (Å²) in [5, 5.41) is 12.5. The van der Waals surface area contributed by atoms with Crippen molar-refractivity contribution in [1.82, 2.24) is 20.2 Å². The van der Waals surface area contributed by atoms with E-state index in [2.05, 4.69) is 25.5 Å². The number of hydrogen-bond donors (Lipinski definition) is 3. The van der Waals surface area contributed by atoms with Gasteiger partial charge in [-0.3, -0.25) is 5.10 Å². The first kappa shape index (κ1) is 21.3. The summed E-state index contributed by atoms with van der Waals surface area (Å²) in [6.07, 6.45) is 0. The Kier molecular flexibility index (Phi) is 5.50. The first-order valence-corrected chi connectivity index (χ1v) is 10.1. The van der Waals surface area contributed by atoms with Crippen LogP contribution in [0, 0.1) is 6.92 Å². The monoisotopic (exact) mass is 431 g/mol. The standard InChI is InChI=1S/C23H25N7O2/c1-14-13-19(29-28-14)26-20-17-7-5-6-8-18(17)25-22(27-20)30(24)16-11-9-15(10-12-16)21(31)32-23(2,3)4/h5-13H,24H2,1-4H3,(H2,25,26,27,28,29). The minimum Gasteiger partial charge on any atom is -0.456 e. The Hall–Kier alpha value is -3.98. The molecule has 2 heterocycles. The van der Waals surface area contributed by atoms with Crippen LogP contribution in [0.5, 0.6) is 0 Å². The number of esters is 1. The number of rotatable bonds is 5. The molecule has 0 aliphatic heterocycles. The van der Waals surface area contributed by atoms with Crippen molar-refractivity contribution in [1.29, 1.82) is 0 Å². The Balaban J connectivity index is 1.64. The summed E-state index contributed by atoms with van der Waals surface area (Å²) in [4.78, 5) is 21.5. The lowest BCUT2D eigenvalue weighted by atomic mass is 10.1. The van der Waals surface area contributed by atoms with Gasteiger partial charge in [-0.1, -0.05) is 12.1 Å². The molecule has 0 bridgehead atoms. The molecule has 4 aromatic rings. The molecule has 0 saturated carbocycles. The lowest BCUT2D eigenvalue weighted by Gasteiger charge is -2.20. The minimum atomic E-state index is -0.564. The fourth-order valence-corrected chi connectivity index (χ4v) is 3.09. The van der Waals surface area contributed by atoms with Crippen molar-refractivity contribution in [2.75, 3.05) is 10.3 Å². The average molecular weight is 432 g/mol. The highest BCUT2D eigenvalue weighted by atomic mass is 16.6.